The monoisotopic (exact) mass is 1060 g/mol. The Labute approximate surface area is 472 Å². The summed E-state index contributed by atoms with van der Waals surface area (Å²) in [5.41, 5.74) is 7.60. The molecular formula is C71H126N2Ni+. The molecule has 0 aliphatic heterocycles. The summed E-state index contributed by atoms with van der Waals surface area (Å²) in [7, 11) is 0. The van der Waals surface area contributed by atoms with Gasteiger partial charge in [-0.25, -0.2) is 0 Å². The summed E-state index contributed by atoms with van der Waals surface area (Å²) in [6, 6.07) is 18.3. The number of benzene rings is 2. The Balaban J connectivity index is 1.68. The van der Waals surface area contributed by atoms with Gasteiger partial charge in [0.15, 0.2) is 0 Å². The van der Waals surface area contributed by atoms with Gasteiger partial charge in [-0.05, 0) is 0 Å². The zero-order chi connectivity index (χ0) is 52.9. The van der Waals surface area contributed by atoms with Gasteiger partial charge in [0.05, 0.1) is 0 Å². The van der Waals surface area contributed by atoms with Crippen LogP contribution in [-0.4, -0.2) is 15.1 Å². The van der Waals surface area contributed by atoms with E-state index in [0.29, 0.717) is 0 Å². The summed E-state index contributed by atoms with van der Waals surface area (Å²) in [6.07, 6.45) is 73.3. The first-order valence-corrected chi connectivity index (χ1v) is 34.1. The quantitative estimate of drug-likeness (QED) is 0.0356. The van der Waals surface area contributed by atoms with Crippen molar-refractivity contribution in [3.8, 4) is 0 Å². The van der Waals surface area contributed by atoms with Crippen molar-refractivity contribution in [1.82, 2.24) is 0 Å². The molecule has 0 unspecified atom stereocenters. The van der Waals surface area contributed by atoms with Crippen LogP contribution < -0.4 is 0 Å². The summed E-state index contributed by atoms with van der Waals surface area (Å²) in [5, 5.41) is 0. The molecule has 2 nitrogen and oxygen atoms in total. The van der Waals surface area contributed by atoms with Gasteiger partial charge in [0, 0.05) is 0 Å². The van der Waals surface area contributed by atoms with E-state index in [4.69, 9.17) is 20.7 Å². The molecule has 0 fully saturated rings. The van der Waals surface area contributed by atoms with Crippen LogP contribution in [0.4, 0.5) is 11.4 Å². The number of rotatable bonds is 56. The molecule has 0 heterocycles. The molecule has 0 atom stereocenters. The molecule has 2 aromatic carbocycles. The molecule has 3 heteroatoms. The van der Waals surface area contributed by atoms with E-state index >= 15 is 0 Å². The maximum atomic E-state index is 5.95. The van der Waals surface area contributed by atoms with Crippen LogP contribution in [0.25, 0.3) is 0 Å². The van der Waals surface area contributed by atoms with Crippen molar-refractivity contribution in [2.24, 2.45) is 4.99 Å². The van der Waals surface area contributed by atoms with E-state index in [2.05, 4.69) is 79.9 Å². The van der Waals surface area contributed by atoms with Crippen LogP contribution >= 0.6 is 0 Å². The van der Waals surface area contributed by atoms with Crippen molar-refractivity contribution in [2.75, 3.05) is 0 Å². The van der Waals surface area contributed by atoms with Crippen LogP contribution in [0.15, 0.2) is 53.5 Å². The average Bonchev–Trinajstić information content (AvgIpc) is 3.41. The molecule has 2 aromatic rings. The molecule has 0 aliphatic rings. The molecule has 0 saturated carbocycles. The fourth-order valence-electron chi connectivity index (χ4n) is 11.3. The number of aryl methyl sites for hydroxylation is 2. The number of hydrogen-bond donors (Lipinski definition) is 0. The molecule has 0 spiro atoms. The zero-order valence-electron chi connectivity index (χ0n) is 50.3. The van der Waals surface area contributed by atoms with E-state index in [9.17, 15) is 0 Å². The standard InChI is InChI=1S/C71H126N2.Ni/c1-5-9-13-15-17-19-21-23-25-27-29-31-33-35-37-39-41-43-45-47-49-52-56-66-58-54-60-68(64-66)72-70(62-12-8-4)71(63-51-11-7-3)73-69-61-55-59-67(65-69)57-53-50-48-46-44-42-40-38-36-34-32-30-28-26-24-22-20-18-16-14-10-6-2;/h54-55,58-61,64-65H,5-53,56-57,62-63H2,1-4H3;/q;+1. The first-order valence-electron chi connectivity index (χ1n) is 33.7. The summed E-state index contributed by atoms with van der Waals surface area (Å²) < 4.78 is 2.14. The van der Waals surface area contributed by atoms with Crippen LogP contribution in [0, 0.1) is 0 Å². The third-order valence-corrected chi connectivity index (χ3v) is 16.8. The molecule has 0 aliphatic carbocycles. The van der Waals surface area contributed by atoms with E-state index < -0.39 is 0 Å². The van der Waals surface area contributed by atoms with Crippen molar-refractivity contribution < 1.29 is 19.3 Å². The Kier molecular flexibility index (Phi) is 49.2. The van der Waals surface area contributed by atoms with Gasteiger partial charge >= 0.3 is 249 Å². The van der Waals surface area contributed by atoms with Crippen molar-refractivity contribution >= 4 is 22.8 Å². The van der Waals surface area contributed by atoms with Gasteiger partial charge < -0.3 is 0 Å². The predicted octanol–water partition coefficient (Wildman–Crippen LogP) is 25.1. The molecule has 0 amide bonds. The van der Waals surface area contributed by atoms with E-state index in [-0.39, 0.29) is 0 Å². The van der Waals surface area contributed by atoms with Gasteiger partial charge in [-0.2, -0.15) is 0 Å². The van der Waals surface area contributed by atoms with E-state index in [1.54, 1.807) is 0 Å². The number of aliphatic imine (C=N–C) groups is 1. The van der Waals surface area contributed by atoms with Crippen molar-refractivity contribution in [3.05, 3.63) is 59.7 Å². The Morgan fingerprint density at radius 3 is 0.973 bits per heavy atom. The summed E-state index contributed by atoms with van der Waals surface area (Å²) in [5.74, 6) is 0. The second kappa shape index (κ2) is 53.3. The second-order valence-electron chi connectivity index (χ2n) is 23.5. The fourth-order valence-corrected chi connectivity index (χ4v) is 11.7. The predicted molar refractivity (Wildman–Crippen MR) is 330 cm³/mol. The molecule has 74 heavy (non-hydrogen) atoms. The number of hydrogen-bond acceptors (Lipinski definition) is 1. The molecule has 0 N–H and O–H groups in total. The third kappa shape index (κ3) is 40.5. The molecule has 0 aromatic heterocycles. The minimum atomic E-state index is 0.987. The summed E-state index contributed by atoms with van der Waals surface area (Å²) >= 11 is 5.95. The Bertz CT molecular complexity index is 1560. The molecule has 0 radical (unpaired) electrons. The second-order valence-corrected chi connectivity index (χ2v) is 23.9. The van der Waals surface area contributed by atoms with Crippen molar-refractivity contribution in [2.45, 2.75) is 368 Å². The first kappa shape index (κ1) is 68.4. The Morgan fingerprint density at radius 1 is 0.324 bits per heavy atom. The van der Waals surface area contributed by atoms with E-state index in [1.807, 2.05) is 0 Å². The van der Waals surface area contributed by atoms with Gasteiger partial charge in [-0.3, -0.25) is 0 Å². The van der Waals surface area contributed by atoms with Gasteiger partial charge in [-0.15, -0.1) is 0 Å². The topological polar surface area (TPSA) is 15.4 Å². The first-order chi connectivity index (χ1) is 36.6. The van der Waals surface area contributed by atoms with Crippen LogP contribution in [-0.2, 0) is 28.5 Å². The van der Waals surface area contributed by atoms with Gasteiger partial charge in [-0.1, -0.05) is 226 Å². The van der Waals surface area contributed by atoms with E-state index in [1.165, 1.54) is 318 Å². The minimum absolute atomic E-state index is 0.987. The van der Waals surface area contributed by atoms with Crippen LogP contribution in [0.3, 0.4) is 0 Å². The van der Waals surface area contributed by atoms with Gasteiger partial charge in [0.1, 0.15) is 0 Å². The summed E-state index contributed by atoms with van der Waals surface area (Å²) in [4.78, 5) is 5.46. The molecule has 2 rings (SSSR count). The average molecular weight is 1070 g/mol. The normalized spacial score (nSPS) is 12.3. The number of unbranched alkanes of at least 4 members (excludes halogenated alkanes) is 45. The van der Waals surface area contributed by atoms with Crippen LogP contribution in [0.5, 0.6) is 0 Å². The van der Waals surface area contributed by atoms with Crippen LogP contribution in [0.2, 0.25) is 0 Å². The molecule has 0 bridgehead atoms. The summed E-state index contributed by atoms with van der Waals surface area (Å²) in [6.45, 7) is 9.23. The zero-order valence-corrected chi connectivity index (χ0v) is 51.3. The Hall–Kier alpha value is -1.73. The van der Waals surface area contributed by atoms with Crippen molar-refractivity contribution in [1.29, 1.82) is 0 Å². The molecule has 0 saturated heterocycles. The fraction of sp³-hybridized carbons (Fsp3) is 0.803. The molecular weight excluding hydrogens is 939 g/mol. The Morgan fingerprint density at radius 2 is 0.622 bits per heavy atom. The van der Waals surface area contributed by atoms with Gasteiger partial charge in [0.25, 0.3) is 0 Å². The maximum absolute atomic E-state index is 5.95. The van der Waals surface area contributed by atoms with Gasteiger partial charge in [0.2, 0.25) is 0 Å². The van der Waals surface area contributed by atoms with E-state index in [0.717, 1.165) is 56.3 Å². The SMILES string of the molecule is CCCCCCCCCCCCCCCCCCCCCCCCc1cccc(N=C(CCCC)C(CCCCC)=[N+]([Ni])c2cccc(CCCCCCCCCCCCCCCCCCCCCCCC)c2)c1. The molecule has 429 valence electrons. The number of nitrogens with zero attached hydrogens (tertiary/aromatic N) is 2. The third-order valence-electron chi connectivity index (χ3n) is 16.3. The van der Waals surface area contributed by atoms with Crippen molar-refractivity contribution in [3.63, 3.8) is 0 Å². The van der Waals surface area contributed by atoms with Crippen LogP contribution in [0.1, 0.15) is 366 Å².